The Kier molecular flexibility index (Phi) is 4.20. The summed E-state index contributed by atoms with van der Waals surface area (Å²) in [6.45, 7) is 8.41. The van der Waals surface area contributed by atoms with Crippen molar-refractivity contribution in [2.45, 2.75) is 32.7 Å². The van der Waals surface area contributed by atoms with E-state index < -0.39 is 0 Å². The molecule has 0 N–H and O–H groups in total. The smallest absolute Gasteiger partial charge is 0.00356 e. The van der Waals surface area contributed by atoms with Gasteiger partial charge in [-0.1, -0.05) is 0 Å². The minimum Gasteiger partial charge on any atom is -0.306 e. The number of piperidine rings is 1. The molecule has 1 aliphatic rings. The van der Waals surface area contributed by atoms with Gasteiger partial charge in [0.1, 0.15) is 0 Å². The minimum atomic E-state index is 0.694. The molecule has 0 radical (unpaired) electrons. The molecule has 0 spiro atoms. The number of hydrogen-bond donors (Lipinski definition) is 0. The number of nitrogens with zero attached hydrogens (tertiary/aromatic N) is 2. The molecule has 0 bridgehead atoms. The molecule has 13 heavy (non-hydrogen) atoms. The Balaban J connectivity index is 2.22. The summed E-state index contributed by atoms with van der Waals surface area (Å²) in [6.07, 6.45) is 2.76. The lowest BCUT2D eigenvalue weighted by Gasteiger charge is -2.33. The number of hydrogen-bond acceptors (Lipinski definition) is 2. The average Bonchev–Trinajstić information content (AvgIpc) is 2.08. The third-order valence-electron chi connectivity index (χ3n) is 3.27. The molecule has 78 valence electrons. The molecule has 2 nitrogen and oxygen atoms in total. The Morgan fingerprint density at radius 1 is 1.31 bits per heavy atom. The molecule has 0 saturated carbocycles. The first-order valence-electron chi connectivity index (χ1n) is 5.48. The zero-order chi connectivity index (χ0) is 9.84. The molecule has 1 saturated heterocycles. The lowest BCUT2D eigenvalue weighted by molar-refractivity contribution is 0.160. The van der Waals surface area contributed by atoms with Gasteiger partial charge in [0.2, 0.25) is 0 Å². The molecule has 0 aromatic heterocycles. The lowest BCUT2D eigenvalue weighted by atomic mass is 9.96. The van der Waals surface area contributed by atoms with Gasteiger partial charge >= 0.3 is 0 Å². The molecule has 1 aliphatic heterocycles. The molecule has 0 aromatic rings. The van der Waals surface area contributed by atoms with Gasteiger partial charge < -0.3 is 9.80 Å². The standard InChI is InChI=1S/C11H24N2/c1-10(2)13(4)9-11-5-7-12(3)8-6-11/h10-11H,5-9H2,1-4H3. The second-order valence-corrected chi connectivity index (χ2v) is 4.78. The average molecular weight is 184 g/mol. The number of likely N-dealkylation sites (tertiary alicyclic amines) is 1. The Hall–Kier alpha value is -0.0800. The van der Waals surface area contributed by atoms with Crippen LogP contribution in [0.4, 0.5) is 0 Å². The SMILES string of the molecule is CC(C)N(C)CC1CCN(C)CC1. The summed E-state index contributed by atoms with van der Waals surface area (Å²) in [5, 5.41) is 0. The van der Waals surface area contributed by atoms with Crippen LogP contribution in [-0.4, -0.2) is 49.6 Å². The second-order valence-electron chi connectivity index (χ2n) is 4.78. The highest BCUT2D eigenvalue weighted by Gasteiger charge is 2.18. The van der Waals surface area contributed by atoms with Crippen LogP contribution in [0.3, 0.4) is 0 Å². The summed E-state index contributed by atoms with van der Waals surface area (Å²) in [5.74, 6) is 0.934. The van der Waals surface area contributed by atoms with E-state index in [-0.39, 0.29) is 0 Å². The highest BCUT2D eigenvalue weighted by atomic mass is 15.1. The van der Waals surface area contributed by atoms with Crippen molar-refractivity contribution in [1.29, 1.82) is 0 Å². The van der Waals surface area contributed by atoms with E-state index in [2.05, 4.69) is 37.7 Å². The third kappa shape index (κ3) is 3.65. The largest absolute Gasteiger partial charge is 0.306 e. The van der Waals surface area contributed by atoms with E-state index in [0.717, 1.165) is 5.92 Å². The fourth-order valence-corrected chi connectivity index (χ4v) is 1.86. The summed E-state index contributed by atoms with van der Waals surface area (Å²) in [4.78, 5) is 4.90. The quantitative estimate of drug-likeness (QED) is 0.658. The van der Waals surface area contributed by atoms with Crippen LogP contribution in [0.15, 0.2) is 0 Å². The zero-order valence-electron chi connectivity index (χ0n) is 9.58. The molecular weight excluding hydrogens is 160 g/mol. The van der Waals surface area contributed by atoms with Gasteiger partial charge in [-0.3, -0.25) is 0 Å². The van der Waals surface area contributed by atoms with E-state index >= 15 is 0 Å². The number of rotatable bonds is 3. The van der Waals surface area contributed by atoms with Crippen LogP contribution in [0.5, 0.6) is 0 Å². The Morgan fingerprint density at radius 3 is 2.31 bits per heavy atom. The monoisotopic (exact) mass is 184 g/mol. The van der Waals surface area contributed by atoms with Crippen molar-refractivity contribution in [3.05, 3.63) is 0 Å². The molecule has 0 amide bonds. The van der Waals surface area contributed by atoms with Gasteiger partial charge in [-0.15, -0.1) is 0 Å². The third-order valence-corrected chi connectivity index (χ3v) is 3.27. The van der Waals surface area contributed by atoms with Gasteiger partial charge in [0.25, 0.3) is 0 Å². The molecule has 0 aliphatic carbocycles. The van der Waals surface area contributed by atoms with Crippen molar-refractivity contribution < 1.29 is 0 Å². The molecule has 1 heterocycles. The Bertz CT molecular complexity index is 137. The first-order chi connectivity index (χ1) is 6.09. The topological polar surface area (TPSA) is 6.48 Å². The summed E-state index contributed by atoms with van der Waals surface area (Å²) < 4.78 is 0. The fraction of sp³-hybridized carbons (Fsp3) is 1.00. The maximum absolute atomic E-state index is 2.47. The zero-order valence-corrected chi connectivity index (χ0v) is 9.58. The van der Waals surface area contributed by atoms with Crippen LogP contribution in [0.25, 0.3) is 0 Å². The first-order valence-corrected chi connectivity index (χ1v) is 5.48. The predicted molar refractivity (Wildman–Crippen MR) is 58.0 cm³/mol. The summed E-state index contributed by atoms with van der Waals surface area (Å²) in [5.41, 5.74) is 0. The fourth-order valence-electron chi connectivity index (χ4n) is 1.86. The second kappa shape index (κ2) is 4.97. The lowest BCUT2D eigenvalue weighted by Crippen LogP contribution is -2.37. The van der Waals surface area contributed by atoms with Crippen LogP contribution in [0, 0.1) is 5.92 Å². The van der Waals surface area contributed by atoms with E-state index in [9.17, 15) is 0 Å². The molecule has 1 rings (SSSR count). The van der Waals surface area contributed by atoms with Crippen LogP contribution < -0.4 is 0 Å². The van der Waals surface area contributed by atoms with Gasteiger partial charge in [0.05, 0.1) is 0 Å². The van der Waals surface area contributed by atoms with E-state index in [1.807, 2.05) is 0 Å². The van der Waals surface area contributed by atoms with E-state index in [4.69, 9.17) is 0 Å². The van der Waals surface area contributed by atoms with Gasteiger partial charge in [-0.05, 0) is 59.8 Å². The Morgan fingerprint density at radius 2 is 1.85 bits per heavy atom. The van der Waals surface area contributed by atoms with Crippen molar-refractivity contribution in [3.8, 4) is 0 Å². The van der Waals surface area contributed by atoms with Gasteiger partial charge in [-0.2, -0.15) is 0 Å². The molecule has 0 atom stereocenters. The van der Waals surface area contributed by atoms with Crippen molar-refractivity contribution in [2.75, 3.05) is 33.7 Å². The molecule has 2 heteroatoms. The van der Waals surface area contributed by atoms with Crippen molar-refractivity contribution in [2.24, 2.45) is 5.92 Å². The molecular formula is C11H24N2. The van der Waals surface area contributed by atoms with Crippen LogP contribution in [0.1, 0.15) is 26.7 Å². The van der Waals surface area contributed by atoms with Crippen molar-refractivity contribution in [3.63, 3.8) is 0 Å². The first kappa shape index (κ1) is 11.0. The van der Waals surface area contributed by atoms with E-state index in [1.165, 1.54) is 32.5 Å². The minimum absolute atomic E-state index is 0.694. The van der Waals surface area contributed by atoms with Crippen LogP contribution in [-0.2, 0) is 0 Å². The maximum Gasteiger partial charge on any atom is 0.00356 e. The van der Waals surface area contributed by atoms with Gasteiger partial charge in [0.15, 0.2) is 0 Å². The molecule has 1 fully saturated rings. The highest BCUT2D eigenvalue weighted by molar-refractivity contribution is 4.73. The predicted octanol–water partition coefficient (Wildman–Crippen LogP) is 1.67. The van der Waals surface area contributed by atoms with Gasteiger partial charge in [0, 0.05) is 12.6 Å². The van der Waals surface area contributed by atoms with Crippen LogP contribution in [0.2, 0.25) is 0 Å². The summed E-state index contributed by atoms with van der Waals surface area (Å²) in [6, 6.07) is 0.694. The maximum atomic E-state index is 2.47. The van der Waals surface area contributed by atoms with Crippen molar-refractivity contribution in [1.82, 2.24) is 9.80 Å². The van der Waals surface area contributed by atoms with Crippen molar-refractivity contribution >= 4 is 0 Å². The normalized spacial score (nSPS) is 21.7. The Labute approximate surface area is 82.9 Å². The highest BCUT2D eigenvalue weighted by Crippen LogP contribution is 2.17. The molecule has 0 unspecified atom stereocenters. The van der Waals surface area contributed by atoms with E-state index in [0.29, 0.717) is 6.04 Å². The molecule has 0 aromatic carbocycles. The van der Waals surface area contributed by atoms with Crippen LogP contribution >= 0.6 is 0 Å². The van der Waals surface area contributed by atoms with Gasteiger partial charge in [-0.25, -0.2) is 0 Å². The van der Waals surface area contributed by atoms with E-state index in [1.54, 1.807) is 0 Å². The summed E-state index contributed by atoms with van der Waals surface area (Å²) >= 11 is 0. The summed E-state index contributed by atoms with van der Waals surface area (Å²) in [7, 11) is 4.46.